The van der Waals surface area contributed by atoms with Gasteiger partial charge in [-0.1, -0.05) is 11.8 Å². The molecule has 1 aliphatic heterocycles. The van der Waals surface area contributed by atoms with Crippen LogP contribution >= 0.6 is 11.3 Å². The van der Waals surface area contributed by atoms with Gasteiger partial charge in [0.05, 0.1) is 16.1 Å². The van der Waals surface area contributed by atoms with Crippen LogP contribution in [0, 0.1) is 11.8 Å². The van der Waals surface area contributed by atoms with Crippen LogP contribution in [-0.4, -0.2) is 32.0 Å². The zero-order chi connectivity index (χ0) is 16.4. The number of hydrogen-bond acceptors (Lipinski definition) is 4. The fraction of sp³-hybridized carbons (Fsp3) is 0.500. The molecule has 0 radical (unpaired) electrons. The quantitative estimate of drug-likeness (QED) is 0.627. The second-order valence-electron chi connectivity index (χ2n) is 6.05. The Morgan fingerprint density at radius 1 is 1.32 bits per heavy atom. The first-order chi connectivity index (χ1) is 10.2. The molecular formula is C16H20BFO3S. The lowest BCUT2D eigenvalue weighted by Crippen LogP contribution is -2.41. The summed E-state index contributed by atoms with van der Waals surface area (Å²) < 4.78 is 30.6. The van der Waals surface area contributed by atoms with Crippen LogP contribution in [0.1, 0.15) is 37.4 Å². The minimum absolute atomic E-state index is 0.380. The van der Waals surface area contributed by atoms with Crippen molar-refractivity contribution in [1.29, 1.82) is 0 Å². The van der Waals surface area contributed by atoms with E-state index in [1.807, 2.05) is 39.8 Å². The van der Waals surface area contributed by atoms with E-state index < -0.39 is 24.0 Å². The van der Waals surface area contributed by atoms with E-state index in [1.54, 1.807) is 7.11 Å². The fourth-order valence-corrected chi connectivity index (χ4v) is 2.67. The third-order valence-corrected chi connectivity index (χ3v) is 4.76. The molecule has 0 atom stereocenters. The predicted molar refractivity (Wildman–Crippen MR) is 88.2 cm³/mol. The third-order valence-electron chi connectivity index (χ3n) is 3.81. The van der Waals surface area contributed by atoms with E-state index >= 15 is 0 Å². The van der Waals surface area contributed by atoms with Gasteiger partial charge in [-0.2, -0.15) is 0 Å². The molecule has 118 valence electrons. The molecule has 0 amide bonds. The van der Waals surface area contributed by atoms with E-state index in [4.69, 9.17) is 14.0 Å². The van der Waals surface area contributed by atoms with Crippen molar-refractivity contribution in [3.63, 3.8) is 0 Å². The maximum atomic E-state index is 14.4. The summed E-state index contributed by atoms with van der Waals surface area (Å²) in [5.74, 6) is 5.83. The van der Waals surface area contributed by atoms with Gasteiger partial charge in [-0.3, -0.25) is 0 Å². The fourth-order valence-electron chi connectivity index (χ4n) is 1.85. The second-order valence-corrected chi connectivity index (χ2v) is 7.17. The van der Waals surface area contributed by atoms with Gasteiger partial charge in [-0.05, 0) is 45.9 Å². The van der Waals surface area contributed by atoms with Crippen LogP contribution in [0.25, 0.3) is 6.08 Å². The van der Waals surface area contributed by atoms with Gasteiger partial charge in [-0.15, -0.1) is 11.3 Å². The van der Waals surface area contributed by atoms with Crippen molar-refractivity contribution in [2.45, 2.75) is 38.9 Å². The average molecular weight is 322 g/mol. The van der Waals surface area contributed by atoms with Crippen molar-refractivity contribution in [3.05, 3.63) is 27.6 Å². The standard InChI is InChI=1S/C16H20BFO3S/c1-15(2)16(3,4)21-17(20-15)14(18)11-13-9-8-12(22-13)7-6-10-19-5/h8-9,11H,10H2,1-5H3. The van der Waals surface area contributed by atoms with Crippen LogP contribution in [0.2, 0.25) is 0 Å². The van der Waals surface area contributed by atoms with Crippen LogP contribution in [0.3, 0.4) is 0 Å². The van der Waals surface area contributed by atoms with E-state index in [0.29, 0.717) is 6.61 Å². The van der Waals surface area contributed by atoms with E-state index in [1.165, 1.54) is 17.4 Å². The van der Waals surface area contributed by atoms with E-state index in [0.717, 1.165) is 9.75 Å². The monoisotopic (exact) mass is 322 g/mol. The molecule has 22 heavy (non-hydrogen) atoms. The minimum Gasteiger partial charge on any atom is -0.398 e. The van der Waals surface area contributed by atoms with E-state index in [2.05, 4.69) is 11.8 Å². The molecule has 1 aromatic rings. The molecule has 0 saturated carbocycles. The lowest BCUT2D eigenvalue weighted by atomic mass is 9.87. The van der Waals surface area contributed by atoms with Crippen LogP contribution in [0.4, 0.5) is 4.39 Å². The van der Waals surface area contributed by atoms with E-state index in [9.17, 15) is 4.39 Å². The topological polar surface area (TPSA) is 27.7 Å². The highest BCUT2D eigenvalue weighted by atomic mass is 32.1. The van der Waals surface area contributed by atoms with Crippen LogP contribution < -0.4 is 0 Å². The Bertz CT molecular complexity index is 609. The molecule has 2 rings (SSSR count). The molecule has 0 spiro atoms. The molecule has 1 aromatic heterocycles. The maximum Gasteiger partial charge on any atom is 0.525 e. The Balaban J connectivity index is 2.09. The van der Waals surface area contributed by atoms with Crippen molar-refractivity contribution in [2.75, 3.05) is 13.7 Å². The van der Waals surface area contributed by atoms with Gasteiger partial charge in [0.25, 0.3) is 0 Å². The number of hydrogen-bond donors (Lipinski definition) is 0. The smallest absolute Gasteiger partial charge is 0.398 e. The normalized spacial score (nSPS) is 19.9. The molecule has 1 fully saturated rings. The maximum absolute atomic E-state index is 14.4. The summed E-state index contributed by atoms with van der Waals surface area (Å²) >= 11 is 1.41. The summed E-state index contributed by atoms with van der Waals surface area (Å²) in [6.45, 7) is 7.97. The molecule has 1 saturated heterocycles. The first-order valence-electron chi connectivity index (χ1n) is 7.05. The molecule has 0 aromatic carbocycles. The SMILES string of the molecule is COCC#Cc1ccc(C=C(F)B2OC(C)(C)C(C)(C)O2)s1. The number of methoxy groups -OCH3 is 1. The largest absolute Gasteiger partial charge is 0.525 e. The molecule has 0 unspecified atom stereocenters. The number of halogens is 1. The Labute approximate surface area is 135 Å². The molecule has 2 heterocycles. The Kier molecular flexibility index (Phi) is 5.13. The van der Waals surface area contributed by atoms with Crippen molar-refractivity contribution < 1.29 is 18.4 Å². The lowest BCUT2D eigenvalue weighted by Gasteiger charge is -2.32. The summed E-state index contributed by atoms with van der Waals surface area (Å²) in [5, 5.41) is 0. The first-order valence-corrected chi connectivity index (χ1v) is 7.87. The van der Waals surface area contributed by atoms with Crippen LogP contribution in [0.15, 0.2) is 17.9 Å². The van der Waals surface area contributed by atoms with Crippen molar-refractivity contribution in [3.8, 4) is 11.8 Å². The molecular weight excluding hydrogens is 302 g/mol. The molecule has 3 nitrogen and oxygen atoms in total. The molecule has 6 heteroatoms. The number of rotatable bonds is 3. The lowest BCUT2D eigenvalue weighted by molar-refractivity contribution is 0.00578. The summed E-state index contributed by atoms with van der Waals surface area (Å²) in [6, 6.07) is 3.68. The van der Waals surface area contributed by atoms with Gasteiger partial charge in [-0.25, -0.2) is 4.39 Å². The molecule has 0 bridgehead atoms. The molecule has 0 aliphatic carbocycles. The van der Waals surface area contributed by atoms with Gasteiger partial charge in [0.15, 0.2) is 0 Å². The zero-order valence-electron chi connectivity index (χ0n) is 13.5. The zero-order valence-corrected chi connectivity index (χ0v) is 14.3. The highest BCUT2D eigenvalue weighted by Gasteiger charge is 2.53. The summed E-state index contributed by atoms with van der Waals surface area (Å²) in [6.07, 6.45) is 1.44. The van der Waals surface area contributed by atoms with Crippen molar-refractivity contribution in [1.82, 2.24) is 0 Å². The van der Waals surface area contributed by atoms with Crippen molar-refractivity contribution >= 4 is 24.5 Å². The van der Waals surface area contributed by atoms with Crippen molar-refractivity contribution in [2.24, 2.45) is 0 Å². The summed E-state index contributed by atoms with van der Waals surface area (Å²) in [5.41, 5.74) is -1.53. The second kappa shape index (κ2) is 6.55. The number of thiophene rings is 1. The highest BCUT2D eigenvalue weighted by molar-refractivity contribution is 7.13. The van der Waals surface area contributed by atoms with Crippen LogP contribution in [-0.2, 0) is 14.0 Å². The third kappa shape index (κ3) is 3.79. The average Bonchev–Trinajstić information content (AvgIpc) is 2.93. The highest BCUT2D eigenvalue weighted by Crippen LogP contribution is 2.39. The number of ether oxygens (including phenoxy) is 1. The predicted octanol–water partition coefficient (Wildman–Crippen LogP) is 3.69. The Morgan fingerprint density at radius 2 is 1.95 bits per heavy atom. The van der Waals surface area contributed by atoms with Crippen LogP contribution in [0.5, 0.6) is 0 Å². The van der Waals surface area contributed by atoms with Gasteiger partial charge in [0.1, 0.15) is 12.3 Å². The summed E-state index contributed by atoms with van der Waals surface area (Å²) in [7, 11) is 0.632. The van der Waals surface area contributed by atoms with E-state index in [-0.39, 0.29) is 0 Å². The summed E-state index contributed by atoms with van der Waals surface area (Å²) in [4.78, 5) is 1.64. The van der Waals surface area contributed by atoms with Gasteiger partial charge in [0.2, 0.25) is 0 Å². The molecule has 0 N–H and O–H groups in total. The minimum atomic E-state index is -0.963. The van der Waals surface area contributed by atoms with Gasteiger partial charge < -0.3 is 14.0 Å². The Hall–Kier alpha value is -1.13. The van der Waals surface area contributed by atoms with Gasteiger partial charge in [0, 0.05) is 12.0 Å². The van der Waals surface area contributed by atoms with Gasteiger partial charge >= 0.3 is 7.12 Å². The Morgan fingerprint density at radius 3 is 2.55 bits per heavy atom. The molecule has 1 aliphatic rings. The first kappa shape index (κ1) is 17.2.